The Balaban J connectivity index is 1.60. The predicted molar refractivity (Wildman–Crippen MR) is 85.9 cm³/mol. The molecule has 0 aliphatic heterocycles. The van der Waals surface area contributed by atoms with Gasteiger partial charge in [-0.2, -0.15) is 0 Å². The van der Waals surface area contributed by atoms with Crippen LogP contribution in [0.4, 0.5) is 0 Å². The maximum atomic E-state index is 12.0. The van der Waals surface area contributed by atoms with Crippen molar-refractivity contribution in [3.8, 4) is 5.88 Å². The summed E-state index contributed by atoms with van der Waals surface area (Å²) in [4.78, 5) is 21.1. The molecule has 1 aromatic carbocycles. The summed E-state index contributed by atoms with van der Waals surface area (Å²) in [5.74, 6) is 0.257. The second-order valence-electron chi connectivity index (χ2n) is 4.81. The van der Waals surface area contributed by atoms with E-state index in [1.165, 1.54) is 17.7 Å². The van der Waals surface area contributed by atoms with Gasteiger partial charge >= 0.3 is 0 Å². The van der Waals surface area contributed by atoms with Gasteiger partial charge in [-0.15, -0.1) is 11.3 Å². The normalized spacial score (nSPS) is 12.0. The van der Waals surface area contributed by atoms with E-state index in [0.29, 0.717) is 5.88 Å². The topological polar surface area (TPSA) is 64.1 Å². The highest BCUT2D eigenvalue weighted by Gasteiger charge is 2.11. The van der Waals surface area contributed by atoms with Crippen molar-refractivity contribution in [1.82, 2.24) is 15.3 Å². The van der Waals surface area contributed by atoms with Crippen LogP contribution >= 0.6 is 11.3 Å². The summed E-state index contributed by atoms with van der Waals surface area (Å²) in [6, 6.07) is 11.6. The molecule has 2 aromatic heterocycles. The lowest BCUT2D eigenvalue weighted by Gasteiger charge is -2.14. The van der Waals surface area contributed by atoms with Gasteiger partial charge in [-0.05, 0) is 23.9 Å². The van der Waals surface area contributed by atoms with Crippen LogP contribution in [0.15, 0.2) is 48.1 Å². The fraction of sp³-hybridized carbons (Fsp3) is 0.188. The first kappa shape index (κ1) is 14.5. The minimum atomic E-state index is -0.182. The number of carbonyl (C=O) groups is 1. The Morgan fingerprint density at radius 3 is 2.91 bits per heavy atom. The van der Waals surface area contributed by atoms with E-state index in [1.807, 2.05) is 48.7 Å². The number of nitrogens with zero attached hydrogens (tertiary/aromatic N) is 2. The molecule has 3 rings (SSSR count). The molecule has 0 bridgehead atoms. The van der Waals surface area contributed by atoms with Gasteiger partial charge < -0.3 is 10.1 Å². The van der Waals surface area contributed by atoms with E-state index >= 15 is 0 Å². The summed E-state index contributed by atoms with van der Waals surface area (Å²) in [5.41, 5.74) is 1.05. The first-order valence-electron chi connectivity index (χ1n) is 6.89. The predicted octanol–water partition coefficient (Wildman–Crippen LogP) is 2.95. The molecule has 1 amide bonds. The molecule has 0 aliphatic rings. The van der Waals surface area contributed by atoms with Gasteiger partial charge in [0.2, 0.25) is 5.88 Å². The number of rotatable bonds is 5. The Bertz CT molecular complexity index is 773. The van der Waals surface area contributed by atoms with E-state index in [2.05, 4.69) is 15.3 Å². The number of carbonyl (C=O) groups excluding carboxylic acids is 1. The van der Waals surface area contributed by atoms with Crippen LogP contribution in [0.5, 0.6) is 5.88 Å². The molecule has 0 spiro atoms. The van der Waals surface area contributed by atoms with Gasteiger partial charge in [0.25, 0.3) is 5.91 Å². The smallest absolute Gasteiger partial charge is 0.258 e. The molecule has 5 nitrogen and oxygen atoms in total. The third-order valence-corrected chi connectivity index (χ3v) is 4.06. The van der Waals surface area contributed by atoms with Crippen LogP contribution in [0.3, 0.4) is 0 Å². The van der Waals surface area contributed by atoms with Crippen molar-refractivity contribution in [2.75, 3.05) is 6.61 Å². The molecular formula is C16H15N3O2S. The van der Waals surface area contributed by atoms with Crippen LogP contribution in [0, 0.1) is 0 Å². The number of hydrogen-bond donors (Lipinski definition) is 1. The van der Waals surface area contributed by atoms with Gasteiger partial charge in [0.05, 0.1) is 11.4 Å². The van der Waals surface area contributed by atoms with Crippen molar-refractivity contribution in [1.29, 1.82) is 0 Å². The maximum absolute atomic E-state index is 12.0. The summed E-state index contributed by atoms with van der Waals surface area (Å²) in [7, 11) is 0. The quantitative estimate of drug-likeness (QED) is 0.786. The first-order chi connectivity index (χ1) is 10.7. The monoisotopic (exact) mass is 313 g/mol. The van der Waals surface area contributed by atoms with Gasteiger partial charge in [0.1, 0.15) is 11.2 Å². The van der Waals surface area contributed by atoms with Crippen LogP contribution < -0.4 is 10.1 Å². The molecule has 22 heavy (non-hydrogen) atoms. The Labute approximate surface area is 132 Å². The average Bonchev–Trinajstić information content (AvgIpc) is 3.03. The van der Waals surface area contributed by atoms with Gasteiger partial charge in [-0.1, -0.05) is 30.3 Å². The minimum Gasteiger partial charge on any atom is -0.467 e. The number of fused-ring (bicyclic) bond motifs is 1. The molecule has 0 aliphatic carbocycles. The standard InChI is InChI=1S/C16H15N3O2S/c1-11(12-5-3-2-4-6-12)19-14(20)9-21-15-13-7-8-22-16(13)18-10-17-15/h2-8,10-11H,9H2,1H3,(H,19,20)/t11-/m1/s1. The molecule has 6 heteroatoms. The molecule has 112 valence electrons. The molecular weight excluding hydrogens is 298 g/mol. The van der Waals surface area contributed by atoms with E-state index in [-0.39, 0.29) is 18.6 Å². The number of thiophene rings is 1. The zero-order valence-electron chi connectivity index (χ0n) is 12.0. The summed E-state index contributed by atoms with van der Waals surface area (Å²) < 4.78 is 5.52. The molecule has 3 aromatic rings. The van der Waals surface area contributed by atoms with Gasteiger partial charge in [-0.3, -0.25) is 4.79 Å². The fourth-order valence-electron chi connectivity index (χ4n) is 2.12. The van der Waals surface area contributed by atoms with Crippen molar-refractivity contribution in [2.24, 2.45) is 0 Å². The third-order valence-electron chi connectivity index (χ3n) is 3.24. The molecule has 0 saturated heterocycles. The van der Waals surface area contributed by atoms with Gasteiger partial charge in [0, 0.05) is 0 Å². The van der Waals surface area contributed by atoms with Crippen LogP contribution in [-0.4, -0.2) is 22.5 Å². The number of nitrogens with one attached hydrogen (secondary N) is 1. The minimum absolute atomic E-state index is 0.0659. The number of hydrogen-bond acceptors (Lipinski definition) is 5. The molecule has 0 fully saturated rings. The average molecular weight is 313 g/mol. The van der Waals surface area contributed by atoms with Gasteiger partial charge in [0.15, 0.2) is 6.61 Å². The Kier molecular flexibility index (Phi) is 4.29. The largest absolute Gasteiger partial charge is 0.467 e. The molecule has 0 unspecified atom stereocenters. The number of aromatic nitrogens is 2. The fourth-order valence-corrected chi connectivity index (χ4v) is 2.85. The van der Waals surface area contributed by atoms with Crippen LogP contribution in [0.2, 0.25) is 0 Å². The van der Waals surface area contributed by atoms with E-state index in [0.717, 1.165) is 15.8 Å². The summed E-state index contributed by atoms with van der Waals surface area (Å²) in [5, 5.41) is 5.65. The van der Waals surface area contributed by atoms with Crippen molar-refractivity contribution in [2.45, 2.75) is 13.0 Å². The van der Waals surface area contributed by atoms with Crippen molar-refractivity contribution in [3.63, 3.8) is 0 Å². The highest BCUT2D eigenvalue weighted by Crippen LogP contribution is 2.25. The lowest BCUT2D eigenvalue weighted by Crippen LogP contribution is -2.31. The Morgan fingerprint density at radius 2 is 2.09 bits per heavy atom. The number of ether oxygens (including phenoxy) is 1. The molecule has 2 heterocycles. The lowest BCUT2D eigenvalue weighted by atomic mass is 10.1. The van der Waals surface area contributed by atoms with E-state index in [4.69, 9.17) is 4.74 Å². The SMILES string of the molecule is C[C@@H](NC(=O)COc1ncnc2sccc12)c1ccccc1. The number of benzene rings is 1. The van der Waals surface area contributed by atoms with Crippen molar-refractivity contribution < 1.29 is 9.53 Å². The molecule has 0 saturated carbocycles. The summed E-state index contributed by atoms with van der Waals surface area (Å²) in [6.07, 6.45) is 1.44. The van der Waals surface area contributed by atoms with Crippen LogP contribution in [-0.2, 0) is 4.79 Å². The molecule has 0 radical (unpaired) electrons. The molecule has 1 atom stereocenters. The molecule has 1 N–H and O–H groups in total. The van der Waals surface area contributed by atoms with E-state index in [1.54, 1.807) is 0 Å². The Hall–Kier alpha value is -2.47. The zero-order chi connectivity index (χ0) is 15.4. The third kappa shape index (κ3) is 3.23. The highest BCUT2D eigenvalue weighted by atomic mass is 32.1. The maximum Gasteiger partial charge on any atom is 0.258 e. The van der Waals surface area contributed by atoms with Crippen molar-refractivity contribution in [3.05, 3.63) is 53.7 Å². The van der Waals surface area contributed by atoms with Crippen molar-refractivity contribution >= 4 is 27.5 Å². The van der Waals surface area contributed by atoms with Gasteiger partial charge in [-0.25, -0.2) is 9.97 Å². The van der Waals surface area contributed by atoms with E-state index in [9.17, 15) is 4.79 Å². The second kappa shape index (κ2) is 6.53. The highest BCUT2D eigenvalue weighted by molar-refractivity contribution is 7.16. The van der Waals surface area contributed by atoms with Crippen LogP contribution in [0.1, 0.15) is 18.5 Å². The zero-order valence-corrected chi connectivity index (χ0v) is 12.8. The lowest BCUT2D eigenvalue weighted by molar-refractivity contribution is -0.123. The second-order valence-corrected chi connectivity index (χ2v) is 5.70. The van der Waals surface area contributed by atoms with E-state index < -0.39 is 0 Å². The summed E-state index contributed by atoms with van der Waals surface area (Å²) in [6.45, 7) is 1.87. The number of amides is 1. The first-order valence-corrected chi connectivity index (χ1v) is 7.77. The summed E-state index contributed by atoms with van der Waals surface area (Å²) >= 11 is 1.51. The van der Waals surface area contributed by atoms with Crippen LogP contribution in [0.25, 0.3) is 10.2 Å². The Morgan fingerprint density at radius 1 is 1.27 bits per heavy atom.